The lowest BCUT2D eigenvalue weighted by molar-refractivity contribution is 0.0474. The van der Waals surface area contributed by atoms with Gasteiger partial charge in [0.05, 0.1) is 5.56 Å². The normalized spacial score (nSPS) is 10.7. The molecular formula is C16H19N3O5S. The van der Waals surface area contributed by atoms with Gasteiger partial charge in [0.25, 0.3) is 5.56 Å². The predicted octanol–water partition coefficient (Wildman–Crippen LogP) is 1.25. The van der Waals surface area contributed by atoms with Crippen LogP contribution in [0.3, 0.4) is 0 Å². The first-order chi connectivity index (χ1) is 11.8. The highest BCUT2D eigenvalue weighted by molar-refractivity contribution is 7.12. The van der Waals surface area contributed by atoms with Crippen LogP contribution in [0.4, 0.5) is 5.82 Å². The van der Waals surface area contributed by atoms with Crippen molar-refractivity contribution in [3.8, 4) is 0 Å². The summed E-state index contributed by atoms with van der Waals surface area (Å²) in [5, 5.41) is 0. The molecule has 134 valence electrons. The summed E-state index contributed by atoms with van der Waals surface area (Å²) in [5.74, 6) is -1.63. The van der Waals surface area contributed by atoms with Crippen LogP contribution in [0.15, 0.2) is 15.7 Å². The van der Waals surface area contributed by atoms with E-state index in [1.807, 2.05) is 13.8 Å². The molecule has 2 aromatic heterocycles. The van der Waals surface area contributed by atoms with Crippen LogP contribution in [0.1, 0.15) is 43.8 Å². The molecular weight excluding hydrogens is 346 g/mol. The maximum atomic E-state index is 12.3. The van der Waals surface area contributed by atoms with Gasteiger partial charge >= 0.3 is 11.7 Å². The molecule has 0 bridgehead atoms. The second kappa shape index (κ2) is 7.47. The molecule has 0 saturated carbocycles. The number of H-pyrrole nitrogens is 1. The predicted molar refractivity (Wildman–Crippen MR) is 94.4 cm³/mol. The van der Waals surface area contributed by atoms with Crippen molar-refractivity contribution in [2.75, 3.05) is 12.3 Å². The number of thiophene rings is 1. The minimum absolute atomic E-state index is 0.223. The van der Waals surface area contributed by atoms with Crippen LogP contribution in [-0.2, 0) is 11.3 Å². The fourth-order valence-electron chi connectivity index (χ4n) is 2.42. The van der Waals surface area contributed by atoms with Gasteiger partial charge in [-0.15, -0.1) is 11.3 Å². The van der Waals surface area contributed by atoms with E-state index in [1.165, 1.54) is 11.3 Å². The number of carbonyl (C=O) groups excluding carboxylic acids is 2. The number of nitrogen functional groups attached to an aromatic ring is 1. The SMILES string of the molecule is CCCn1c(N)c(C(=O)COC(=O)c2cc(C)sc2C)c(=O)[nH]c1=O. The lowest BCUT2D eigenvalue weighted by Crippen LogP contribution is -2.37. The lowest BCUT2D eigenvalue weighted by atomic mass is 10.2. The minimum atomic E-state index is -0.890. The average molecular weight is 365 g/mol. The molecule has 2 aromatic rings. The highest BCUT2D eigenvalue weighted by atomic mass is 32.1. The largest absolute Gasteiger partial charge is 0.454 e. The van der Waals surface area contributed by atoms with Crippen LogP contribution in [0.25, 0.3) is 0 Å². The summed E-state index contributed by atoms with van der Waals surface area (Å²) < 4.78 is 6.11. The third-order valence-electron chi connectivity index (χ3n) is 3.56. The van der Waals surface area contributed by atoms with Crippen molar-refractivity contribution in [3.05, 3.63) is 47.8 Å². The van der Waals surface area contributed by atoms with E-state index in [0.29, 0.717) is 12.0 Å². The number of nitrogens with one attached hydrogen (secondary N) is 1. The van der Waals surface area contributed by atoms with E-state index < -0.39 is 29.6 Å². The number of aromatic amines is 1. The molecule has 0 aromatic carbocycles. The van der Waals surface area contributed by atoms with Crippen LogP contribution in [0.5, 0.6) is 0 Å². The van der Waals surface area contributed by atoms with Crippen molar-refractivity contribution in [2.45, 2.75) is 33.7 Å². The minimum Gasteiger partial charge on any atom is -0.454 e. The van der Waals surface area contributed by atoms with Crippen LogP contribution in [0, 0.1) is 13.8 Å². The summed E-state index contributed by atoms with van der Waals surface area (Å²) in [7, 11) is 0. The first kappa shape index (κ1) is 18.7. The van der Waals surface area contributed by atoms with Gasteiger partial charge in [-0.2, -0.15) is 0 Å². The van der Waals surface area contributed by atoms with Gasteiger partial charge in [0.15, 0.2) is 6.61 Å². The zero-order valence-corrected chi connectivity index (χ0v) is 15.0. The molecule has 0 aliphatic rings. The summed E-state index contributed by atoms with van der Waals surface area (Å²) in [4.78, 5) is 51.8. The number of aryl methyl sites for hydroxylation is 2. The quantitative estimate of drug-likeness (QED) is 0.586. The van der Waals surface area contributed by atoms with Crippen molar-refractivity contribution >= 4 is 28.9 Å². The molecule has 0 saturated heterocycles. The Morgan fingerprint density at radius 3 is 2.56 bits per heavy atom. The first-order valence-electron chi connectivity index (χ1n) is 7.66. The number of rotatable bonds is 6. The van der Waals surface area contributed by atoms with Gasteiger partial charge in [-0.05, 0) is 26.3 Å². The molecule has 0 aliphatic heterocycles. The Hall–Kier alpha value is -2.68. The van der Waals surface area contributed by atoms with Gasteiger partial charge in [-0.25, -0.2) is 9.59 Å². The molecule has 0 spiro atoms. The van der Waals surface area contributed by atoms with Crippen molar-refractivity contribution in [2.24, 2.45) is 0 Å². The maximum Gasteiger partial charge on any atom is 0.339 e. The van der Waals surface area contributed by atoms with E-state index >= 15 is 0 Å². The molecule has 2 rings (SSSR count). The number of anilines is 1. The summed E-state index contributed by atoms with van der Waals surface area (Å²) >= 11 is 1.44. The molecule has 2 heterocycles. The molecule has 8 nitrogen and oxygen atoms in total. The third kappa shape index (κ3) is 3.87. The Morgan fingerprint density at radius 2 is 2.00 bits per heavy atom. The Bertz CT molecular complexity index is 938. The van der Waals surface area contributed by atoms with Crippen molar-refractivity contribution in [1.82, 2.24) is 9.55 Å². The number of hydrogen-bond acceptors (Lipinski definition) is 7. The summed E-state index contributed by atoms with van der Waals surface area (Å²) in [6.07, 6.45) is 0.593. The monoisotopic (exact) mass is 365 g/mol. The second-order valence-corrected chi connectivity index (χ2v) is 6.96. The molecule has 9 heteroatoms. The van der Waals surface area contributed by atoms with Gasteiger partial charge in [0.1, 0.15) is 11.4 Å². The van der Waals surface area contributed by atoms with Gasteiger partial charge in [-0.1, -0.05) is 6.92 Å². The summed E-state index contributed by atoms with van der Waals surface area (Å²) in [6.45, 7) is 5.08. The number of ketones is 1. The Kier molecular flexibility index (Phi) is 5.58. The molecule has 0 atom stereocenters. The first-order valence-corrected chi connectivity index (χ1v) is 8.47. The standard InChI is InChI=1S/C16H19N3O5S/c1-4-5-19-13(17)12(14(21)18-16(19)23)11(20)7-24-15(22)10-6-8(2)25-9(10)3/h6H,4-5,7,17H2,1-3H3,(H,18,21,23). The number of nitrogens with zero attached hydrogens (tertiary/aromatic N) is 1. The van der Waals surface area contributed by atoms with E-state index in [-0.39, 0.29) is 17.9 Å². The van der Waals surface area contributed by atoms with E-state index in [1.54, 1.807) is 13.0 Å². The van der Waals surface area contributed by atoms with Crippen LogP contribution in [-0.4, -0.2) is 27.9 Å². The Labute approximate surface area is 147 Å². The zero-order chi connectivity index (χ0) is 18.7. The average Bonchev–Trinajstić information content (AvgIpc) is 2.87. The third-order valence-corrected chi connectivity index (χ3v) is 4.53. The van der Waals surface area contributed by atoms with Crippen molar-refractivity contribution in [1.29, 1.82) is 0 Å². The fraction of sp³-hybridized carbons (Fsp3) is 0.375. The van der Waals surface area contributed by atoms with Gasteiger partial charge in [0, 0.05) is 16.3 Å². The van der Waals surface area contributed by atoms with Gasteiger partial charge in [0.2, 0.25) is 5.78 Å². The molecule has 0 aliphatic carbocycles. The highest BCUT2D eigenvalue weighted by Gasteiger charge is 2.21. The second-order valence-electron chi connectivity index (χ2n) is 5.50. The number of ether oxygens (including phenoxy) is 1. The maximum absolute atomic E-state index is 12.3. The Morgan fingerprint density at radius 1 is 1.32 bits per heavy atom. The van der Waals surface area contributed by atoms with Gasteiger partial charge < -0.3 is 10.5 Å². The number of aromatic nitrogens is 2. The number of hydrogen-bond donors (Lipinski definition) is 2. The molecule has 0 radical (unpaired) electrons. The van der Waals surface area contributed by atoms with Gasteiger partial charge in [-0.3, -0.25) is 19.1 Å². The van der Waals surface area contributed by atoms with E-state index in [2.05, 4.69) is 4.98 Å². The van der Waals surface area contributed by atoms with Crippen LogP contribution < -0.4 is 17.0 Å². The zero-order valence-electron chi connectivity index (χ0n) is 14.2. The number of carbonyl (C=O) groups is 2. The molecule has 0 amide bonds. The topological polar surface area (TPSA) is 124 Å². The molecule has 25 heavy (non-hydrogen) atoms. The van der Waals surface area contributed by atoms with Crippen molar-refractivity contribution in [3.63, 3.8) is 0 Å². The number of Topliss-reactive ketones (excluding diaryl/α,β-unsaturated/α-hetero) is 1. The smallest absolute Gasteiger partial charge is 0.339 e. The van der Waals surface area contributed by atoms with E-state index in [4.69, 9.17) is 10.5 Å². The van der Waals surface area contributed by atoms with E-state index in [9.17, 15) is 19.2 Å². The Balaban J connectivity index is 2.23. The number of esters is 1. The van der Waals surface area contributed by atoms with Crippen molar-refractivity contribution < 1.29 is 14.3 Å². The van der Waals surface area contributed by atoms with Crippen LogP contribution >= 0.6 is 11.3 Å². The van der Waals surface area contributed by atoms with Crippen LogP contribution in [0.2, 0.25) is 0 Å². The lowest BCUT2D eigenvalue weighted by Gasteiger charge is -2.11. The molecule has 0 fully saturated rings. The number of nitrogens with two attached hydrogens (primary N) is 1. The van der Waals surface area contributed by atoms with E-state index in [0.717, 1.165) is 14.3 Å². The fourth-order valence-corrected chi connectivity index (χ4v) is 3.33. The molecule has 0 unspecified atom stereocenters. The molecule has 3 N–H and O–H groups in total. The highest BCUT2D eigenvalue weighted by Crippen LogP contribution is 2.21. The summed E-state index contributed by atoms with van der Waals surface area (Å²) in [6, 6.07) is 1.68. The summed E-state index contributed by atoms with van der Waals surface area (Å²) in [5.41, 5.74) is 4.24.